The van der Waals surface area contributed by atoms with Crippen molar-refractivity contribution < 1.29 is 16.5 Å². The molecule has 0 N–H and O–H groups in total. The van der Waals surface area contributed by atoms with Gasteiger partial charge in [0.2, 0.25) is 16.6 Å². The first kappa shape index (κ1) is 31.3. The molecule has 0 heterocycles. The van der Waals surface area contributed by atoms with Crippen molar-refractivity contribution in [2.75, 3.05) is 0 Å². The first-order chi connectivity index (χ1) is 15.6. The molecule has 0 aromatic carbocycles. The summed E-state index contributed by atoms with van der Waals surface area (Å²) < 4.78 is 26.6. The van der Waals surface area contributed by atoms with E-state index in [4.69, 9.17) is 16.5 Å². The van der Waals surface area contributed by atoms with Crippen molar-refractivity contribution in [3.05, 3.63) is 123 Å². The van der Waals surface area contributed by atoms with Gasteiger partial charge < -0.3 is 16.5 Å². The van der Waals surface area contributed by atoms with Gasteiger partial charge in [0, 0.05) is 0 Å². The Hall–Kier alpha value is -1.68. The van der Waals surface area contributed by atoms with Crippen LogP contribution in [0.25, 0.3) is 0 Å². The lowest BCUT2D eigenvalue weighted by atomic mass is 11.0. The highest BCUT2D eigenvalue weighted by molar-refractivity contribution is 7.01. The van der Waals surface area contributed by atoms with E-state index >= 15 is 0 Å². The van der Waals surface area contributed by atoms with Gasteiger partial charge in [0.15, 0.2) is 0 Å². The van der Waals surface area contributed by atoms with E-state index in [0.29, 0.717) is 0 Å². The first-order valence-corrected chi connectivity index (χ1v) is 21.2. The molecule has 0 aliphatic carbocycles. The van der Waals surface area contributed by atoms with Crippen LogP contribution in [-0.2, 0) is 16.5 Å². The fourth-order valence-corrected chi connectivity index (χ4v) is 21.8. The minimum Gasteiger partial charge on any atom is -0.423 e. The Morgan fingerprint density at radius 3 is 0.758 bits per heavy atom. The van der Waals surface area contributed by atoms with Crippen molar-refractivity contribution >= 4 is 42.3 Å². The van der Waals surface area contributed by atoms with E-state index in [0.717, 1.165) is 12.1 Å². The number of hydrogen-bond donors (Lipinski definition) is 0. The largest absolute Gasteiger partial charge is 0.423 e. The van der Waals surface area contributed by atoms with E-state index in [-0.39, 0.29) is 0 Å². The highest BCUT2D eigenvalue weighted by atomic mass is 28.5. The Bertz CT molecular complexity index is 707. The molecule has 0 aliphatic heterocycles. The molecule has 0 bridgehead atoms. The second-order valence-electron chi connectivity index (χ2n) is 7.23. The van der Waals surface area contributed by atoms with Gasteiger partial charge >= 0.3 is 25.7 Å². The van der Waals surface area contributed by atoms with Crippen LogP contribution in [0.3, 0.4) is 0 Å². The van der Waals surface area contributed by atoms with Crippen LogP contribution in [0, 0.1) is 0 Å². The number of hydrogen-bond acceptors (Lipinski definition) is 4. The van der Waals surface area contributed by atoms with Crippen LogP contribution in [-0.4, -0.2) is 42.3 Å². The lowest BCUT2D eigenvalue weighted by Gasteiger charge is -2.43. The molecule has 0 saturated heterocycles. The average molecular weight is 533 g/mol. The SMILES string of the molecule is C=C[Si](C=C)(CC)O[Si](C=C)(C=C)O[Si](C=C)(C=C)O[Si](C=C)(C=C)O[Si](C=C)(C=C)CC. The zero-order valence-electron chi connectivity index (χ0n) is 20.4. The maximum absolute atomic E-state index is 6.68. The van der Waals surface area contributed by atoms with E-state index in [2.05, 4.69) is 65.8 Å². The topological polar surface area (TPSA) is 36.9 Å². The molecule has 180 valence electrons. The van der Waals surface area contributed by atoms with Gasteiger partial charge in [0.1, 0.15) is 0 Å². The predicted octanol–water partition coefficient (Wildman–Crippen LogP) is 6.56. The summed E-state index contributed by atoms with van der Waals surface area (Å²) in [6.45, 7) is 43.9. The van der Waals surface area contributed by atoms with Crippen molar-refractivity contribution in [3.8, 4) is 0 Å². The maximum Gasteiger partial charge on any atom is 0.374 e. The molecule has 0 radical (unpaired) electrons. The van der Waals surface area contributed by atoms with Crippen LogP contribution in [0.1, 0.15) is 13.8 Å². The molecule has 0 spiro atoms. The Balaban J connectivity index is 6.60. The van der Waals surface area contributed by atoms with Gasteiger partial charge in [-0.05, 0) is 46.3 Å². The standard InChI is InChI=1S/C24H40O4Si5/c1-13-29(14-2,15-3)25-31(19-7,20-8)27-33(23-11,24-12)28-32(21-9,22-10)26-30(16-4,17-5)18-6/h13-14,16-17,19-24H,1-2,4-5,7-12,15,18H2,3,6H3. The van der Waals surface area contributed by atoms with Crippen LogP contribution < -0.4 is 0 Å². The Morgan fingerprint density at radius 1 is 0.394 bits per heavy atom. The van der Waals surface area contributed by atoms with E-state index in [1.807, 2.05) is 36.6 Å². The summed E-state index contributed by atoms with van der Waals surface area (Å²) >= 11 is 0. The molecular formula is C24H40O4Si5. The van der Waals surface area contributed by atoms with Crippen LogP contribution in [0.5, 0.6) is 0 Å². The summed E-state index contributed by atoms with van der Waals surface area (Å²) in [5, 5.41) is 0. The summed E-state index contributed by atoms with van der Waals surface area (Å²) in [6, 6.07) is 1.48. The summed E-state index contributed by atoms with van der Waals surface area (Å²) in [7, 11) is -14.8. The zero-order chi connectivity index (χ0) is 25.8. The van der Waals surface area contributed by atoms with Crippen molar-refractivity contribution in [1.82, 2.24) is 0 Å². The fraction of sp³-hybridized carbons (Fsp3) is 0.167. The van der Waals surface area contributed by atoms with Gasteiger partial charge in [-0.3, -0.25) is 0 Å². The molecule has 33 heavy (non-hydrogen) atoms. The lowest BCUT2D eigenvalue weighted by Crippen LogP contribution is -2.62. The molecule has 0 atom stereocenters. The van der Waals surface area contributed by atoms with Crippen molar-refractivity contribution in [2.45, 2.75) is 25.9 Å². The summed E-state index contributed by atoms with van der Waals surface area (Å²) in [5.74, 6) is 0. The van der Waals surface area contributed by atoms with Crippen LogP contribution in [0.2, 0.25) is 12.1 Å². The summed E-state index contributed by atoms with van der Waals surface area (Å²) in [5.41, 5.74) is 17.3. The monoisotopic (exact) mass is 532 g/mol. The van der Waals surface area contributed by atoms with Gasteiger partial charge in [-0.25, -0.2) is 0 Å². The Kier molecular flexibility index (Phi) is 12.6. The third-order valence-electron chi connectivity index (χ3n) is 5.53. The average Bonchev–Trinajstić information content (AvgIpc) is 2.89. The third-order valence-corrected chi connectivity index (χ3v) is 24.6. The van der Waals surface area contributed by atoms with E-state index in [1.165, 1.54) is 0 Å². The highest BCUT2D eigenvalue weighted by Gasteiger charge is 2.52. The summed E-state index contributed by atoms with van der Waals surface area (Å²) in [4.78, 5) is 0. The van der Waals surface area contributed by atoms with Crippen LogP contribution >= 0.6 is 0 Å². The molecule has 0 aromatic rings. The Morgan fingerprint density at radius 2 is 0.606 bits per heavy atom. The molecule has 9 heteroatoms. The molecule has 0 amide bonds. The molecular weight excluding hydrogens is 493 g/mol. The fourth-order valence-electron chi connectivity index (χ4n) is 2.96. The second kappa shape index (κ2) is 13.3. The molecule has 0 aromatic heterocycles. The molecule has 4 nitrogen and oxygen atoms in total. The zero-order valence-corrected chi connectivity index (χ0v) is 25.4. The minimum atomic E-state index is -3.35. The van der Waals surface area contributed by atoms with Crippen molar-refractivity contribution in [1.29, 1.82) is 0 Å². The van der Waals surface area contributed by atoms with E-state index in [9.17, 15) is 0 Å². The third kappa shape index (κ3) is 7.15. The maximum atomic E-state index is 6.68. The molecule has 0 fully saturated rings. The van der Waals surface area contributed by atoms with Gasteiger partial charge in [-0.15, -0.1) is 65.8 Å². The molecule has 0 rings (SSSR count). The van der Waals surface area contributed by atoms with Crippen LogP contribution in [0.15, 0.2) is 123 Å². The van der Waals surface area contributed by atoms with Crippen molar-refractivity contribution in [2.24, 2.45) is 0 Å². The Labute approximate surface area is 207 Å². The first-order valence-electron chi connectivity index (χ1n) is 10.7. The number of rotatable bonds is 20. The highest BCUT2D eigenvalue weighted by Crippen LogP contribution is 2.31. The quantitative estimate of drug-likeness (QED) is 0.166. The van der Waals surface area contributed by atoms with Crippen molar-refractivity contribution in [3.63, 3.8) is 0 Å². The van der Waals surface area contributed by atoms with E-state index in [1.54, 1.807) is 34.2 Å². The molecule has 0 unspecified atom stereocenters. The van der Waals surface area contributed by atoms with Gasteiger partial charge in [0.25, 0.3) is 0 Å². The normalized spacial score (nSPS) is 12.7. The van der Waals surface area contributed by atoms with E-state index < -0.39 is 42.3 Å². The van der Waals surface area contributed by atoms with Crippen LogP contribution in [0.4, 0.5) is 0 Å². The lowest BCUT2D eigenvalue weighted by molar-refractivity contribution is 0.323. The predicted molar refractivity (Wildman–Crippen MR) is 156 cm³/mol. The van der Waals surface area contributed by atoms with Gasteiger partial charge in [-0.2, -0.15) is 0 Å². The smallest absolute Gasteiger partial charge is 0.374 e. The molecule has 0 aliphatic rings. The second-order valence-corrected chi connectivity index (χ2v) is 24.1. The van der Waals surface area contributed by atoms with Gasteiger partial charge in [-0.1, -0.05) is 36.6 Å². The van der Waals surface area contributed by atoms with Gasteiger partial charge in [0.05, 0.1) is 0 Å². The molecule has 0 saturated carbocycles. The summed E-state index contributed by atoms with van der Waals surface area (Å²) in [6.07, 6.45) is 0. The minimum absolute atomic E-state index is 0.738.